The summed E-state index contributed by atoms with van der Waals surface area (Å²) in [6.45, 7) is 0. The first-order valence-electron chi connectivity index (χ1n) is 3.38. The minimum absolute atomic E-state index is 0. The monoisotopic (exact) mass is 251 g/mol. The number of nitrogens with zero attached hydrogens (tertiary/aromatic N) is 2. The molecule has 0 unspecified atom stereocenters. The summed E-state index contributed by atoms with van der Waals surface area (Å²) >= 11 is 5.68. The van der Waals surface area contributed by atoms with Gasteiger partial charge in [0, 0.05) is 0 Å². The Hall–Kier alpha value is -1.22. The van der Waals surface area contributed by atoms with Gasteiger partial charge in [-0.3, -0.25) is 4.55 Å². The van der Waals surface area contributed by atoms with Crippen LogP contribution in [0.1, 0.15) is 0 Å². The molecule has 0 saturated carbocycles. The molecule has 0 saturated heterocycles. The van der Waals surface area contributed by atoms with E-state index in [1.165, 1.54) is 6.07 Å². The second-order valence-electron chi connectivity index (χ2n) is 2.48. The van der Waals surface area contributed by atoms with Crippen LogP contribution in [-0.4, -0.2) is 23.3 Å². The van der Waals surface area contributed by atoms with Crippen molar-refractivity contribution in [1.29, 1.82) is 0 Å². The van der Waals surface area contributed by atoms with Gasteiger partial charge in [0.15, 0.2) is 11.0 Å². The van der Waals surface area contributed by atoms with E-state index in [1.54, 1.807) is 0 Å². The Balaban J connectivity index is 0.00000112. The average Bonchev–Trinajstić information content (AvgIpc) is 2.50. The van der Waals surface area contributed by atoms with Crippen molar-refractivity contribution in [3.8, 4) is 0 Å². The number of benzene rings is 1. The molecule has 1 heterocycles. The Bertz CT molecular complexity index is 593. The lowest BCUT2D eigenvalue weighted by Gasteiger charge is -1.96. The predicted molar refractivity (Wildman–Crippen MR) is 51.7 cm³/mol. The SMILES string of the molecule is N.O=S(=O)(O)c1ccc(Cl)c2nonc12. The van der Waals surface area contributed by atoms with Crippen LogP contribution in [0.3, 0.4) is 0 Å². The number of hydrogen-bond donors (Lipinski definition) is 2. The van der Waals surface area contributed by atoms with E-state index in [0.717, 1.165) is 6.07 Å². The van der Waals surface area contributed by atoms with Crippen LogP contribution in [0.2, 0.25) is 5.02 Å². The van der Waals surface area contributed by atoms with E-state index in [1.807, 2.05) is 0 Å². The lowest BCUT2D eigenvalue weighted by Crippen LogP contribution is -1.98. The van der Waals surface area contributed by atoms with Crippen LogP contribution in [-0.2, 0) is 10.1 Å². The highest BCUT2D eigenvalue weighted by molar-refractivity contribution is 7.86. The van der Waals surface area contributed by atoms with E-state index in [-0.39, 0.29) is 27.1 Å². The van der Waals surface area contributed by atoms with Crippen LogP contribution in [0.25, 0.3) is 11.0 Å². The molecule has 0 aliphatic carbocycles. The Labute approximate surface area is 89.3 Å². The molecule has 4 N–H and O–H groups in total. The molecule has 0 bridgehead atoms. The highest BCUT2D eigenvalue weighted by atomic mass is 35.5. The summed E-state index contributed by atoms with van der Waals surface area (Å²) in [5.74, 6) is 0. The van der Waals surface area contributed by atoms with E-state index in [2.05, 4.69) is 14.9 Å². The fourth-order valence-electron chi connectivity index (χ4n) is 1.02. The van der Waals surface area contributed by atoms with Gasteiger partial charge in [0.25, 0.3) is 10.1 Å². The van der Waals surface area contributed by atoms with Gasteiger partial charge in [-0.1, -0.05) is 11.6 Å². The van der Waals surface area contributed by atoms with Gasteiger partial charge in [-0.15, -0.1) is 0 Å². The normalized spacial score (nSPS) is 11.3. The predicted octanol–water partition coefficient (Wildman–Crippen LogP) is 1.28. The molecule has 82 valence electrons. The van der Waals surface area contributed by atoms with Crippen molar-refractivity contribution in [2.45, 2.75) is 4.90 Å². The molecule has 0 fully saturated rings. The van der Waals surface area contributed by atoms with Crippen molar-refractivity contribution >= 4 is 32.8 Å². The zero-order chi connectivity index (χ0) is 10.3. The summed E-state index contributed by atoms with van der Waals surface area (Å²) in [5, 5.41) is 6.94. The quantitative estimate of drug-likeness (QED) is 0.731. The van der Waals surface area contributed by atoms with Crippen LogP contribution >= 0.6 is 11.6 Å². The zero-order valence-corrected chi connectivity index (χ0v) is 8.79. The Morgan fingerprint density at radius 1 is 1.27 bits per heavy atom. The molecule has 9 heteroatoms. The zero-order valence-electron chi connectivity index (χ0n) is 7.21. The fourth-order valence-corrected chi connectivity index (χ4v) is 1.83. The Kier molecular flexibility index (Phi) is 2.95. The van der Waals surface area contributed by atoms with E-state index in [4.69, 9.17) is 16.2 Å². The summed E-state index contributed by atoms with van der Waals surface area (Å²) in [6, 6.07) is 2.42. The molecular formula is C6H6ClN3O4S. The van der Waals surface area contributed by atoms with Crippen LogP contribution < -0.4 is 6.15 Å². The molecule has 0 amide bonds. The number of aromatic nitrogens is 2. The average molecular weight is 252 g/mol. The maximum Gasteiger partial charge on any atom is 0.296 e. The lowest BCUT2D eigenvalue weighted by molar-refractivity contribution is 0.315. The number of halogens is 1. The van der Waals surface area contributed by atoms with E-state index >= 15 is 0 Å². The molecule has 1 aromatic heterocycles. The van der Waals surface area contributed by atoms with Crippen LogP contribution in [0.4, 0.5) is 0 Å². The summed E-state index contributed by atoms with van der Waals surface area (Å²) in [4.78, 5) is -0.377. The molecule has 7 nitrogen and oxygen atoms in total. The third-order valence-corrected chi connectivity index (χ3v) is 2.80. The number of fused-ring (bicyclic) bond motifs is 1. The summed E-state index contributed by atoms with van der Waals surface area (Å²) in [5.41, 5.74) is 0.0155. The number of hydrogen-bond acceptors (Lipinski definition) is 6. The van der Waals surface area contributed by atoms with E-state index < -0.39 is 10.1 Å². The van der Waals surface area contributed by atoms with Crippen molar-refractivity contribution in [3.05, 3.63) is 17.2 Å². The number of rotatable bonds is 1. The fraction of sp³-hybridized carbons (Fsp3) is 0. The molecule has 0 atom stereocenters. The summed E-state index contributed by atoms with van der Waals surface area (Å²) < 4.78 is 34.9. The smallest absolute Gasteiger partial charge is 0.296 e. The van der Waals surface area contributed by atoms with Crippen molar-refractivity contribution < 1.29 is 17.6 Å². The summed E-state index contributed by atoms with van der Waals surface area (Å²) in [7, 11) is -4.34. The van der Waals surface area contributed by atoms with Crippen LogP contribution in [0, 0.1) is 0 Å². The van der Waals surface area contributed by atoms with E-state index in [0.29, 0.717) is 0 Å². The molecule has 0 radical (unpaired) electrons. The molecule has 0 aliphatic rings. The minimum Gasteiger partial charge on any atom is -0.344 e. The van der Waals surface area contributed by atoms with Gasteiger partial charge in [0.2, 0.25) is 0 Å². The standard InChI is InChI=1S/C6H3ClN2O4S.H3N/c7-3-1-2-4(14(10,11)12)6-5(3)8-13-9-6;/h1-2H,(H,10,11,12);1H3. The van der Waals surface area contributed by atoms with Gasteiger partial charge in [0.1, 0.15) is 4.90 Å². The second-order valence-corrected chi connectivity index (χ2v) is 4.28. The molecule has 0 aliphatic heterocycles. The first kappa shape index (κ1) is 11.9. The first-order valence-corrected chi connectivity index (χ1v) is 5.20. The maximum absolute atomic E-state index is 10.9. The van der Waals surface area contributed by atoms with Gasteiger partial charge in [-0.05, 0) is 22.4 Å². The molecule has 2 rings (SSSR count). The third-order valence-electron chi connectivity index (χ3n) is 1.61. The maximum atomic E-state index is 10.9. The van der Waals surface area contributed by atoms with Crippen LogP contribution in [0.15, 0.2) is 21.7 Å². The van der Waals surface area contributed by atoms with Crippen molar-refractivity contribution in [2.75, 3.05) is 0 Å². The van der Waals surface area contributed by atoms with Gasteiger partial charge in [-0.2, -0.15) is 8.42 Å². The van der Waals surface area contributed by atoms with Crippen molar-refractivity contribution in [2.24, 2.45) is 0 Å². The highest BCUT2D eigenvalue weighted by Gasteiger charge is 2.19. The molecule has 1 aromatic carbocycles. The molecule has 0 spiro atoms. The lowest BCUT2D eigenvalue weighted by atomic mass is 10.3. The van der Waals surface area contributed by atoms with Gasteiger partial charge >= 0.3 is 0 Å². The molecular weight excluding hydrogens is 246 g/mol. The van der Waals surface area contributed by atoms with Crippen LogP contribution in [0.5, 0.6) is 0 Å². The van der Waals surface area contributed by atoms with Crippen molar-refractivity contribution in [1.82, 2.24) is 16.5 Å². The molecule has 2 aromatic rings. The second kappa shape index (κ2) is 3.74. The Morgan fingerprint density at radius 3 is 2.47 bits per heavy atom. The third kappa shape index (κ3) is 1.92. The highest BCUT2D eigenvalue weighted by Crippen LogP contribution is 2.25. The first-order chi connectivity index (χ1) is 6.50. The largest absolute Gasteiger partial charge is 0.344 e. The molecule has 15 heavy (non-hydrogen) atoms. The minimum atomic E-state index is -4.34. The topological polar surface area (TPSA) is 128 Å². The van der Waals surface area contributed by atoms with Gasteiger partial charge in [0.05, 0.1) is 5.02 Å². The van der Waals surface area contributed by atoms with Gasteiger partial charge in [-0.25, -0.2) is 4.63 Å². The summed E-state index contributed by atoms with van der Waals surface area (Å²) in [6.07, 6.45) is 0. The Morgan fingerprint density at radius 2 is 1.87 bits per heavy atom. The van der Waals surface area contributed by atoms with E-state index in [9.17, 15) is 8.42 Å². The van der Waals surface area contributed by atoms with Gasteiger partial charge < -0.3 is 6.15 Å². The van der Waals surface area contributed by atoms with Crippen molar-refractivity contribution in [3.63, 3.8) is 0 Å².